The van der Waals surface area contributed by atoms with Gasteiger partial charge >= 0.3 is 5.88 Å². The molecule has 19 heavy (non-hydrogen) atoms. The van der Waals surface area contributed by atoms with Crippen molar-refractivity contribution in [2.75, 3.05) is 0 Å². The molecule has 5 heteroatoms. The van der Waals surface area contributed by atoms with Crippen LogP contribution in [0.5, 0.6) is 5.75 Å². The van der Waals surface area contributed by atoms with Crippen LogP contribution in [0.15, 0.2) is 40.8 Å². The van der Waals surface area contributed by atoms with Crippen molar-refractivity contribution in [3.05, 3.63) is 57.8 Å². The molecule has 5 nitrogen and oxygen atoms in total. The van der Waals surface area contributed by atoms with E-state index in [0.717, 1.165) is 11.3 Å². The SMILES string of the molecule is CC(C)c1ccccc1OCc1ccc([N+](=O)[O-])o1. The van der Waals surface area contributed by atoms with Gasteiger partial charge in [0.2, 0.25) is 0 Å². The fourth-order valence-electron chi connectivity index (χ4n) is 1.78. The number of para-hydroxylation sites is 1. The molecule has 2 aromatic rings. The normalized spacial score (nSPS) is 10.7. The molecule has 1 aromatic heterocycles. The number of nitro groups is 1. The van der Waals surface area contributed by atoms with E-state index < -0.39 is 4.92 Å². The summed E-state index contributed by atoms with van der Waals surface area (Å²) in [6.45, 7) is 4.34. The molecule has 1 heterocycles. The van der Waals surface area contributed by atoms with Crippen molar-refractivity contribution in [1.82, 2.24) is 0 Å². The van der Waals surface area contributed by atoms with Gasteiger partial charge in [-0.3, -0.25) is 10.1 Å². The van der Waals surface area contributed by atoms with Crippen molar-refractivity contribution in [3.63, 3.8) is 0 Å². The van der Waals surface area contributed by atoms with Crippen molar-refractivity contribution in [3.8, 4) is 5.75 Å². The Balaban J connectivity index is 2.08. The molecule has 0 spiro atoms. The first kappa shape index (κ1) is 13.1. The Morgan fingerprint density at radius 2 is 2.00 bits per heavy atom. The molecular weight excluding hydrogens is 246 g/mol. The lowest BCUT2D eigenvalue weighted by Gasteiger charge is -2.12. The van der Waals surface area contributed by atoms with Crippen LogP contribution in [0.2, 0.25) is 0 Å². The number of nitrogens with zero attached hydrogens (tertiary/aromatic N) is 1. The zero-order valence-corrected chi connectivity index (χ0v) is 10.8. The molecule has 0 atom stereocenters. The Bertz CT molecular complexity index is 574. The highest BCUT2D eigenvalue weighted by Crippen LogP contribution is 2.27. The number of ether oxygens (including phenoxy) is 1. The first-order valence-corrected chi connectivity index (χ1v) is 6.02. The summed E-state index contributed by atoms with van der Waals surface area (Å²) in [6.07, 6.45) is 0. The summed E-state index contributed by atoms with van der Waals surface area (Å²) in [5.41, 5.74) is 1.10. The van der Waals surface area contributed by atoms with E-state index in [2.05, 4.69) is 13.8 Å². The lowest BCUT2D eigenvalue weighted by Crippen LogP contribution is -1.98. The van der Waals surface area contributed by atoms with Gasteiger partial charge in [0.1, 0.15) is 23.0 Å². The number of hydrogen-bond acceptors (Lipinski definition) is 4. The molecule has 0 saturated heterocycles. The standard InChI is InChI=1S/C14H15NO4/c1-10(2)12-5-3-4-6-13(12)18-9-11-7-8-14(19-11)15(16)17/h3-8,10H,9H2,1-2H3. The molecule has 0 fully saturated rings. The van der Waals surface area contributed by atoms with Crippen LogP contribution in [-0.4, -0.2) is 4.92 Å². The van der Waals surface area contributed by atoms with Crippen LogP contribution < -0.4 is 4.74 Å². The predicted octanol–water partition coefficient (Wildman–Crippen LogP) is 3.89. The van der Waals surface area contributed by atoms with Gasteiger partial charge < -0.3 is 9.15 Å². The van der Waals surface area contributed by atoms with Gasteiger partial charge in [-0.1, -0.05) is 32.0 Å². The van der Waals surface area contributed by atoms with Crippen molar-refractivity contribution in [2.45, 2.75) is 26.4 Å². The van der Waals surface area contributed by atoms with E-state index in [1.54, 1.807) is 6.07 Å². The maximum atomic E-state index is 10.5. The molecule has 0 N–H and O–H groups in total. The Morgan fingerprint density at radius 3 is 2.63 bits per heavy atom. The van der Waals surface area contributed by atoms with Crippen LogP contribution in [0.25, 0.3) is 0 Å². The lowest BCUT2D eigenvalue weighted by atomic mass is 10.0. The van der Waals surface area contributed by atoms with Crippen molar-refractivity contribution >= 4 is 5.88 Å². The monoisotopic (exact) mass is 261 g/mol. The van der Waals surface area contributed by atoms with Gasteiger partial charge in [-0.2, -0.15) is 0 Å². The van der Waals surface area contributed by atoms with E-state index in [9.17, 15) is 10.1 Å². The average Bonchev–Trinajstić information content (AvgIpc) is 2.85. The Labute approximate surface area is 111 Å². The fraction of sp³-hybridized carbons (Fsp3) is 0.286. The Hall–Kier alpha value is -2.30. The van der Waals surface area contributed by atoms with E-state index in [4.69, 9.17) is 9.15 Å². The van der Waals surface area contributed by atoms with Gasteiger partial charge in [-0.05, 0) is 23.6 Å². The zero-order valence-electron chi connectivity index (χ0n) is 10.8. The molecule has 0 amide bonds. The van der Waals surface area contributed by atoms with Crippen molar-refractivity contribution in [1.29, 1.82) is 0 Å². The largest absolute Gasteiger partial charge is 0.485 e. The fourth-order valence-corrected chi connectivity index (χ4v) is 1.78. The summed E-state index contributed by atoms with van der Waals surface area (Å²) in [5.74, 6) is 1.29. The highest BCUT2D eigenvalue weighted by Gasteiger charge is 2.13. The molecule has 0 aliphatic carbocycles. The molecule has 0 aliphatic rings. The van der Waals surface area contributed by atoms with Gasteiger partial charge in [0.15, 0.2) is 0 Å². The molecule has 0 aliphatic heterocycles. The quantitative estimate of drug-likeness (QED) is 0.605. The first-order valence-electron chi connectivity index (χ1n) is 6.02. The van der Waals surface area contributed by atoms with Gasteiger partial charge in [0, 0.05) is 0 Å². The van der Waals surface area contributed by atoms with Crippen LogP contribution >= 0.6 is 0 Å². The third-order valence-corrected chi connectivity index (χ3v) is 2.74. The molecular formula is C14H15NO4. The first-order chi connectivity index (χ1) is 9.08. The number of benzene rings is 1. The highest BCUT2D eigenvalue weighted by molar-refractivity contribution is 5.35. The maximum absolute atomic E-state index is 10.5. The minimum atomic E-state index is -0.564. The molecule has 0 bridgehead atoms. The van der Waals surface area contributed by atoms with Gasteiger partial charge in [-0.25, -0.2) is 0 Å². The topological polar surface area (TPSA) is 65.5 Å². The van der Waals surface area contributed by atoms with Crippen LogP contribution in [0.1, 0.15) is 31.1 Å². The van der Waals surface area contributed by atoms with E-state index in [1.165, 1.54) is 6.07 Å². The van der Waals surface area contributed by atoms with E-state index in [0.29, 0.717) is 11.7 Å². The minimum Gasteiger partial charge on any atom is -0.485 e. The highest BCUT2D eigenvalue weighted by atomic mass is 16.6. The van der Waals surface area contributed by atoms with Crippen molar-refractivity contribution < 1.29 is 14.1 Å². The van der Waals surface area contributed by atoms with E-state index >= 15 is 0 Å². The van der Waals surface area contributed by atoms with Gasteiger partial charge in [0.25, 0.3) is 0 Å². The molecule has 0 unspecified atom stereocenters. The second-order valence-corrected chi connectivity index (χ2v) is 4.48. The van der Waals surface area contributed by atoms with Crippen LogP contribution in [0.4, 0.5) is 5.88 Å². The summed E-state index contributed by atoms with van der Waals surface area (Å²) in [4.78, 5) is 9.94. The molecule has 0 radical (unpaired) electrons. The lowest BCUT2D eigenvalue weighted by molar-refractivity contribution is -0.402. The van der Waals surface area contributed by atoms with E-state index in [-0.39, 0.29) is 12.5 Å². The Kier molecular flexibility index (Phi) is 3.85. The smallest absolute Gasteiger partial charge is 0.433 e. The molecule has 0 saturated carbocycles. The number of hydrogen-bond donors (Lipinski definition) is 0. The maximum Gasteiger partial charge on any atom is 0.433 e. The summed E-state index contributed by atoms with van der Waals surface area (Å²) in [7, 11) is 0. The summed E-state index contributed by atoms with van der Waals surface area (Å²) >= 11 is 0. The van der Waals surface area contributed by atoms with Crippen LogP contribution in [0.3, 0.4) is 0 Å². The number of furan rings is 1. The second-order valence-electron chi connectivity index (χ2n) is 4.48. The molecule has 1 aromatic carbocycles. The van der Waals surface area contributed by atoms with Crippen LogP contribution in [0, 0.1) is 10.1 Å². The van der Waals surface area contributed by atoms with Crippen LogP contribution in [-0.2, 0) is 6.61 Å². The second kappa shape index (κ2) is 5.56. The number of rotatable bonds is 5. The minimum absolute atomic E-state index is 0.178. The summed E-state index contributed by atoms with van der Waals surface area (Å²) in [6, 6.07) is 10.6. The summed E-state index contributed by atoms with van der Waals surface area (Å²) < 4.78 is 10.7. The van der Waals surface area contributed by atoms with Crippen molar-refractivity contribution in [2.24, 2.45) is 0 Å². The predicted molar refractivity (Wildman–Crippen MR) is 70.2 cm³/mol. The molecule has 2 rings (SSSR count). The summed E-state index contributed by atoms with van der Waals surface area (Å²) in [5, 5.41) is 10.5. The Morgan fingerprint density at radius 1 is 1.26 bits per heavy atom. The third kappa shape index (κ3) is 3.13. The average molecular weight is 261 g/mol. The third-order valence-electron chi connectivity index (χ3n) is 2.74. The molecule has 100 valence electrons. The zero-order chi connectivity index (χ0) is 13.8. The van der Waals surface area contributed by atoms with E-state index in [1.807, 2.05) is 24.3 Å². The van der Waals surface area contributed by atoms with Gasteiger partial charge in [-0.15, -0.1) is 0 Å². The van der Waals surface area contributed by atoms with Gasteiger partial charge in [0.05, 0.1) is 6.07 Å².